The molecule has 0 radical (unpaired) electrons. The topological polar surface area (TPSA) is 9.23 Å². The highest BCUT2D eigenvalue weighted by atomic mass is 16.5. The number of fused-ring (bicyclic) bond motifs is 7. The SMILES string of the molecule is c1ccc2c(c1)Oc1ccc(-c3cccc4c3ccc3c(-c5cccc6ccccc56)c5ccccc5cc34)c3cccc-2c13. The molecule has 1 heterocycles. The number of hydrogen-bond acceptors (Lipinski definition) is 1. The Balaban J connectivity index is 1.28. The van der Waals surface area contributed by atoms with Gasteiger partial charge in [-0.3, -0.25) is 0 Å². The van der Waals surface area contributed by atoms with Crippen LogP contribution in [0, 0.1) is 0 Å². The highest BCUT2D eigenvalue weighted by molar-refractivity contribution is 6.24. The first-order valence-corrected chi connectivity index (χ1v) is 15.5. The quantitative estimate of drug-likeness (QED) is 0.148. The average molecular weight is 571 g/mol. The summed E-state index contributed by atoms with van der Waals surface area (Å²) in [6.07, 6.45) is 0. The van der Waals surface area contributed by atoms with Gasteiger partial charge in [0.25, 0.3) is 0 Å². The Bertz CT molecular complexity index is 2670. The first kappa shape index (κ1) is 24.5. The molecular weight excluding hydrogens is 544 g/mol. The molecule has 0 bridgehead atoms. The van der Waals surface area contributed by atoms with Crippen molar-refractivity contribution in [2.75, 3.05) is 0 Å². The average Bonchev–Trinajstić information content (AvgIpc) is 3.10. The highest BCUT2D eigenvalue weighted by Gasteiger charge is 2.22. The minimum Gasteiger partial charge on any atom is -0.456 e. The zero-order chi connectivity index (χ0) is 29.5. The van der Waals surface area contributed by atoms with E-state index in [4.69, 9.17) is 4.74 Å². The molecule has 10 rings (SSSR count). The predicted molar refractivity (Wildman–Crippen MR) is 190 cm³/mol. The Morgan fingerprint density at radius 2 is 0.911 bits per heavy atom. The molecule has 0 unspecified atom stereocenters. The Hall–Kier alpha value is -5.92. The highest BCUT2D eigenvalue weighted by Crippen LogP contribution is 2.49. The predicted octanol–water partition coefficient (Wildman–Crippen LogP) is 12.6. The van der Waals surface area contributed by atoms with Gasteiger partial charge in [0.05, 0.1) is 0 Å². The van der Waals surface area contributed by atoms with Crippen LogP contribution >= 0.6 is 0 Å². The summed E-state index contributed by atoms with van der Waals surface area (Å²) in [4.78, 5) is 0. The molecule has 1 nitrogen and oxygen atoms in total. The van der Waals surface area contributed by atoms with Crippen LogP contribution in [0.5, 0.6) is 11.5 Å². The van der Waals surface area contributed by atoms with Crippen LogP contribution in [0.3, 0.4) is 0 Å². The van der Waals surface area contributed by atoms with Gasteiger partial charge in [0, 0.05) is 10.9 Å². The van der Waals surface area contributed by atoms with E-state index in [1.807, 2.05) is 6.07 Å². The van der Waals surface area contributed by atoms with Gasteiger partial charge in [0.15, 0.2) is 0 Å². The van der Waals surface area contributed by atoms with E-state index in [9.17, 15) is 0 Å². The van der Waals surface area contributed by atoms with Crippen LogP contribution in [0.4, 0.5) is 0 Å². The Labute approximate surface area is 260 Å². The second kappa shape index (κ2) is 9.29. The fraction of sp³-hybridized carbons (Fsp3) is 0. The number of para-hydroxylation sites is 1. The number of ether oxygens (including phenoxy) is 1. The number of hydrogen-bond donors (Lipinski definition) is 0. The van der Waals surface area contributed by atoms with Gasteiger partial charge in [0.2, 0.25) is 0 Å². The molecule has 1 aliphatic heterocycles. The first-order chi connectivity index (χ1) is 22.3. The van der Waals surface area contributed by atoms with Crippen molar-refractivity contribution in [2.45, 2.75) is 0 Å². The summed E-state index contributed by atoms with van der Waals surface area (Å²) in [5, 5.41) is 12.5. The van der Waals surface area contributed by atoms with E-state index in [1.54, 1.807) is 0 Å². The van der Waals surface area contributed by atoms with Crippen LogP contribution in [-0.2, 0) is 0 Å². The third kappa shape index (κ3) is 3.50. The normalized spacial score (nSPS) is 12.2. The summed E-state index contributed by atoms with van der Waals surface area (Å²) in [6, 6.07) is 57.4. The van der Waals surface area contributed by atoms with Crippen molar-refractivity contribution in [3.05, 3.63) is 158 Å². The van der Waals surface area contributed by atoms with Crippen molar-refractivity contribution in [1.29, 1.82) is 0 Å². The lowest BCUT2D eigenvalue weighted by Crippen LogP contribution is -1.97. The summed E-state index contributed by atoms with van der Waals surface area (Å²) in [5.74, 6) is 1.83. The van der Waals surface area contributed by atoms with Crippen LogP contribution in [0.15, 0.2) is 158 Å². The maximum Gasteiger partial charge on any atom is 0.135 e. The molecule has 0 atom stereocenters. The molecule has 0 N–H and O–H groups in total. The van der Waals surface area contributed by atoms with Gasteiger partial charge in [-0.15, -0.1) is 0 Å². The van der Waals surface area contributed by atoms with Gasteiger partial charge in [-0.1, -0.05) is 140 Å². The minimum atomic E-state index is 0.913. The van der Waals surface area contributed by atoms with E-state index in [2.05, 4.69) is 152 Å². The lowest BCUT2D eigenvalue weighted by Gasteiger charge is -2.23. The lowest BCUT2D eigenvalue weighted by atomic mass is 9.85. The summed E-state index contributed by atoms with van der Waals surface area (Å²) in [5.41, 5.74) is 7.39. The number of benzene rings is 9. The largest absolute Gasteiger partial charge is 0.456 e. The first-order valence-electron chi connectivity index (χ1n) is 15.5. The summed E-state index contributed by atoms with van der Waals surface area (Å²) in [6.45, 7) is 0. The molecule has 0 aliphatic carbocycles. The van der Waals surface area contributed by atoms with Crippen molar-refractivity contribution >= 4 is 53.9 Å². The molecule has 1 aliphatic rings. The van der Waals surface area contributed by atoms with Gasteiger partial charge < -0.3 is 4.74 Å². The summed E-state index contributed by atoms with van der Waals surface area (Å²) < 4.78 is 6.41. The molecule has 9 aromatic rings. The summed E-state index contributed by atoms with van der Waals surface area (Å²) >= 11 is 0. The molecule has 1 heteroatoms. The minimum absolute atomic E-state index is 0.913. The Kier molecular flexibility index (Phi) is 5.06. The molecule has 0 saturated carbocycles. The molecule has 9 aromatic carbocycles. The molecule has 45 heavy (non-hydrogen) atoms. The zero-order valence-electron chi connectivity index (χ0n) is 24.4. The van der Waals surface area contributed by atoms with Crippen molar-refractivity contribution in [3.8, 4) is 44.9 Å². The molecule has 0 amide bonds. The van der Waals surface area contributed by atoms with Crippen molar-refractivity contribution < 1.29 is 4.74 Å². The second-order valence-corrected chi connectivity index (χ2v) is 12.0. The maximum atomic E-state index is 6.41. The van der Waals surface area contributed by atoms with E-state index in [0.29, 0.717) is 0 Å². The van der Waals surface area contributed by atoms with E-state index in [-0.39, 0.29) is 0 Å². The lowest BCUT2D eigenvalue weighted by molar-refractivity contribution is 0.487. The Morgan fingerprint density at radius 1 is 0.289 bits per heavy atom. The van der Waals surface area contributed by atoms with Crippen LogP contribution in [0.25, 0.3) is 87.2 Å². The molecule has 0 fully saturated rings. The third-order valence-corrected chi connectivity index (χ3v) is 9.65. The Morgan fingerprint density at radius 3 is 1.84 bits per heavy atom. The third-order valence-electron chi connectivity index (χ3n) is 9.65. The van der Waals surface area contributed by atoms with E-state index >= 15 is 0 Å². The van der Waals surface area contributed by atoms with E-state index < -0.39 is 0 Å². The maximum absolute atomic E-state index is 6.41. The van der Waals surface area contributed by atoms with Crippen LogP contribution in [0.1, 0.15) is 0 Å². The molecule has 208 valence electrons. The zero-order valence-corrected chi connectivity index (χ0v) is 24.4. The van der Waals surface area contributed by atoms with Crippen molar-refractivity contribution in [2.24, 2.45) is 0 Å². The second-order valence-electron chi connectivity index (χ2n) is 12.0. The van der Waals surface area contributed by atoms with Crippen LogP contribution < -0.4 is 4.74 Å². The van der Waals surface area contributed by atoms with Gasteiger partial charge in [-0.05, 0) is 94.5 Å². The van der Waals surface area contributed by atoms with Gasteiger partial charge in [-0.2, -0.15) is 0 Å². The van der Waals surface area contributed by atoms with Crippen molar-refractivity contribution in [3.63, 3.8) is 0 Å². The van der Waals surface area contributed by atoms with E-state index in [1.165, 1.54) is 81.7 Å². The fourth-order valence-corrected chi connectivity index (χ4v) is 7.69. The number of rotatable bonds is 2. The standard InChI is InChI=1S/C44H26O/c1-3-13-29-27(10-1)12-7-18-36(29)43-30-14-4-2-11-28(30)26-40-32-17-8-16-31(33(32)22-23-39(40)43)34-24-25-42-44-37(34)19-9-20-38(44)35-15-5-6-21-41(35)45-42/h1-26H. The molecule has 0 spiro atoms. The monoisotopic (exact) mass is 570 g/mol. The van der Waals surface area contributed by atoms with Crippen LogP contribution in [-0.4, -0.2) is 0 Å². The molecule has 0 saturated heterocycles. The van der Waals surface area contributed by atoms with E-state index in [0.717, 1.165) is 17.1 Å². The van der Waals surface area contributed by atoms with Gasteiger partial charge in [-0.25, -0.2) is 0 Å². The molecular formula is C44H26O. The van der Waals surface area contributed by atoms with Gasteiger partial charge >= 0.3 is 0 Å². The fourth-order valence-electron chi connectivity index (χ4n) is 7.69. The summed E-state index contributed by atoms with van der Waals surface area (Å²) in [7, 11) is 0. The van der Waals surface area contributed by atoms with Crippen molar-refractivity contribution in [1.82, 2.24) is 0 Å². The smallest absolute Gasteiger partial charge is 0.135 e. The van der Waals surface area contributed by atoms with Crippen LogP contribution in [0.2, 0.25) is 0 Å². The molecule has 0 aromatic heterocycles. The van der Waals surface area contributed by atoms with Gasteiger partial charge in [0.1, 0.15) is 11.5 Å².